The topological polar surface area (TPSA) is 53.9 Å². The molecule has 2 heterocycles. The summed E-state index contributed by atoms with van der Waals surface area (Å²) in [5.74, 6) is 0.749. The van der Waals surface area contributed by atoms with E-state index in [0.717, 1.165) is 38.1 Å². The summed E-state index contributed by atoms with van der Waals surface area (Å²) >= 11 is 5.95. The van der Waals surface area contributed by atoms with Crippen LogP contribution in [-0.2, 0) is 6.18 Å². The van der Waals surface area contributed by atoms with Crippen LogP contribution >= 0.6 is 11.6 Å². The Morgan fingerprint density at radius 2 is 1.91 bits per heavy atom. The van der Waals surface area contributed by atoms with E-state index in [9.17, 15) is 13.2 Å². The molecule has 122 valence electrons. The van der Waals surface area contributed by atoms with E-state index in [0.29, 0.717) is 5.82 Å². The van der Waals surface area contributed by atoms with Gasteiger partial charge in [0.1, 0.15) is 0 Å². The summed E-state index contributed by atoms with van der Waals surface area (Å²) in [7, 11) is 0. The van der Waals surface area contributed by atoms with E-state index in [1.807, 2.05) is 4.90 Å². The summed E-state index contributed by atoms with van der Waals surface area (Å²) in [5, 5.41) is 10.5. The number of nitrogens with zero attached hydrogens (tertiary/aromatic N) is 4. The van der Waals surface area contributed by atoms with E-state index >= 15 is 0 Å². The van der Waals surface area contributed by atoms with Gasteiger partial charge in [-0.1, -0.05) is 11.6 Å². The highest BCUT2D eigenvalue weighted by molar-refractivity contribution is 6.33. The van der Waals surface area contributed by atoms with Crippen LogP contribution in [0.3, 0.4) is 0 Å². The minimum absolute atomic E-state index is 0.0851. The molecule has 9 heteroatoms. The number of halogens is 4. The van der Waals surface area contributed by atoms with Gasteiger partial charge in [0.05, 0.1) is 22.5 Å². The van der Waals surface area contributed by atoms with Gasteiger partial charge in [0.15, 0.2) is 5.82 Å². The van der Waals surface area contributed by atoms with Crippen molar-refractivity contribution in [2.45, 2.75) is 19.0 Å². The van der Waals surface area contributed by atoms with Crippen LogP contribution in [0.2, 0.25) is 5.02 Å². The lowest BCUT2D eigenvalue weighted by atomic mass is 10.2. The highest BCUT2D eigenvalue weighted by Crippen LogP contribution is 2.34. The molecule has 1 aliphatic heterocycles. The zero-order valence-electron chi connectivity index (χ0n) is 11.9. The van der Waals surface area contributed by atoms with Gasteiger partial charge < -0.3 is 10.2 Å². The number of rotatable bonds is 3. The Balaban J connectivity index is 1.85. The second-order valence-corrected chi connectivity index (χ2v) is 5.56. The van der Waals surface area contributed by atoms with Crippen LogP contribution in [-0.4, -0.2) is 28.3 Å². The minimum Gasteiger partial charge on any atom is -0.355 e. The number of anilines is 3. The summed E-state index contributed by atoms with van der Waals surface area (Å²) in [4.78, 5) is 6.33. The third-order valence-electron chi connectivity index (χ3n) is 3.52. The molecule has 3 rings (SSSR count). The quantitative estimate of drug-likeness (QED) is 0.916. The third-order valence-corrected chi connectivity index (χ3v) is 3.85. The van der Waals surface area contributed by atoms with Gasteiger partial charge in [-0.2, -0.15) is 23.3 Å². The summed E-state index contributed by atoms with van der Waals surface area (Å²) in [6.45, 7) is 1.75. The molecule has 23 heavy (non-hydrogen) atoms. The van der Waals surface area contributed by atoms with Crippen LogP contribution in [0.1, 0.15) is 18.4 Å². The molecule has 1 aromatic heterocycles. The van der Waals surface area contributed by atoms with Gasteiger partial charge in [-0.15, -0.1) is 5.10 Å². The number of hydrogen-bond donors (Lipinski definition) is 1. The first kappa shape index (κ1) is 15.8. The van der Waals surface area contributed by atoms with Crippen molar-refractivity contribution in [3.63, 3.8) is 0 Å². The number of benzene rings is 1. The molecule has 0 aliphatic carbocycles. The maximum absolute atomic E-state index is 12.8. The first-order valence-corrected chi connectivity index (χ1v) is 7.40. The second kappa shape index (κ2) is 6.19. The van der Waals surface area contributed by atoms with Crippen LogP contribution in [0, 0.1) is 0 Å². The summed E-state index contributed by atoms with van der Waals surface area (Å²) in [6.07, 6.45) is -0.764. The molecule has 1 N–H and O–H groups in total. The number of aromatic nitrogens is 3. The lowest BCUT2D eigenvalue weighted by Crippen LogP contribution is -2.20. The van der Waals surface area contributed by atoms with Gasteiger partial charge in [0, 0.05) is 13.1 Å². The van der Waals surface area contributed by atoms with Crippen molar-refractivity contribution in [2.24, 2.45) is 0 Å². The Hall–Kier alpha value is -2.09. The Kier molecular flexibility index (Phi) is 4.25. The molecular weight excluding hydrogens is 331 g/mol. The average molecular weight is 344 g/mol. The standard InChI is InChI=1S/C14H13ClF3N5/c15-10-4-3-9(14(16,17)18)7-11(10)20-13-21-12(8-19-22-13)23-5-1-2-6-23/h3-4,7-8H,1-2,5-6H2,(H,20,21,22). The molecule has 0 unspecified atom stereocenters. The minimum atomic E-state index is -4.45. The van der Waals surface area contributed by atoms with Crippen molar-refractivity contribution in [3.8, 4) is 0 Å². The van der Waals surface area contributed by atoms with E-state index in [-0.39, 0.29) is 16.7 Å². The summed E-state index contributed by atoms with van der Waals surface area (Å²) in [5.41, 5.74) is -0.713. The molecule has 0 radical (unpaired) electrons. The Morgan fingerprint density at radius 3 is 2.61 bits per heavy atom. The molecule has 2 aromatic rings. The zero-order chi connectivity index (χ0) is 16.4. The third kappa shape index (κ3) is 3.64. The first-order chi connectivity index (χ1) is 10.9. The van der Waals surface area contributed by atoms with Crippen LogP contribution in [0.25, 0.3) is 0 Å². The van der Waals surface area contributed by atoms with E-state index in [1.54, 1.807) is 0 Å². The van der Waals surface area contributed by atoms with Gasteiger partial charge in [-0.3, -0.25) is 0 Å². The lowest BCUT2D eigenvalue weighted by molar-refractivity contribution is -0.137. The van der Waals surface area contributed by atoms with E-state index in [1.165, 1.54) is 12.3 Å². The van der Waals surface area contributed by atoms with Crippen LogP contribution in [0.5, 0.6) is 0 Å². The number of hydrogen-bond acceptors (Lipinski definition) is 5. The van der Waals surface area contributed by atoms with Crippen molar-refractivity contribution >= 4 is 29.1 Å². The van der Waals surface area contributed by atoms with Crippen molar-refractivity contribution < 1.29 is 13.2 Å². The smallest absolute Gasteiger partial charge is 0.355 e. The molecule has 1 aromatic carbocycles. The SMILES string of the molecule is FC(F)(F)c1ccc(Cl)c(Nc2nncc(N3CCCC3)n2)c1. The molecule has 0 amide bonds. The highest BCUT2D eigenvalue weighted by Gasteiger charge is 2.31. The van der Waals surface area contributed by atoms with Crippen molar-refractivity contribution in [1.82, 2.24) is 15.2 Å². The fourth-order valence-electron chi connectivity index (χ4n) is 2.36. The second-order valence-electron chi connectivity index (χ2n) is 5.15. The fraction of sp³-hybridized carbons (Fsp3) is 0.357. The highest BCUT2D eigenvalue weighted by atomic mass is 35.5. The van der Waals surface area contributed by atoms with Gasteiger partial charge >= 0.3 is 6.18 Å². The van der Waals surface area contributed by atoms with Gasteiger partial charge in [-0.25, -0.2) is 0 Å². The van der Waals surface area contributed by atoms with E-state index in [2.05, 4.69) is 20.5 Å². The largest absolute Gasteiger partial charge is 0.416 e. The van der Waals surface area contributed by atoms with Crippen molar-refractivity contribution in [1.29, 1.82) is 0 Å². The Labute approximate surface area is 135 Å². The number of nitrogens with one attached hydrogen (secondary N) is 1. The zero-order valence-corrected chi connectivity index (χ0v) is 12.7. The summed E-state index contributed by atoms with van der Waals surface area (Å²) in [6, 6.07) is 3.03. The van der Waals surface area contributed by atoms with Gasteiger partial charge in [0.2, 0.25) is 5.95 Å². The normalized spacial score (nSPS) is 15.0. The maximum atomic E-state index is 12.8. The molecule has 0 saturated carbocycles. The molecule has 0 atom stereocenters. The van der Waals surface area contributed by atoms with E-state index in [4.69, 9.17) is 11.6 Å². The van der Waals surface area contributed by atoms with Crippen LogP contribution < -0.4 is 10.2 Å². The monoisotopic (exact) mass is 343 g/mol. The van der Waals surface area contributed by atoms with E-state index < -0.39 is 11.7 Å². The maximum Gasteiger partial charge on any atom is 0.416 e. The Morgan fingerprint density at radius 1 is 1.17 bits per heavy atom. The molecule has 0 bridgehead atoms. The van der Waals surface area contributed by atoms with Crippen molar-refractivity contribution in [2.75, 3.05) is 23.3 Å². The molecule has 5 nitrogen and oxygen atoms in total. The van der Waals surface area contributed by atoms with Crippen LogP contribution in [0.4, 0.5) is 30.6 Å². The molecule has 1 fully saturated rings. The molecule has 1 saturated heterocycles. The van der Waals surface area contributed by atoms with Gasteiger partial charge in [-0.05, 0) is 31.0 Å². The first-order valence-electron chi connectivity index (χ1n) is 7.02. The number of alkyl halides is 3. The van der Waals surface area contributed by atoms with Crippen molar-refractivity contribution in [3.05, 3.63) is 35.0 Å². The molecule has 0 spiro atoms. The lowest BCUT2D eigenvalue weighted by Gasteiger charge is -2.16. The predicted octanol–water partition coefficient (Wildman–Crippen LogP) is 3.89. The Bertz CT molecular complexity index is 701. The van der Waals surface area contributed by atoms with Gasteiger partial charge in [0.25, 0.3) is 0 Å². The molecule has 1 aliphatic rings. The predicted molar refractivity (Wildman–Crippen MR) is 81.0 cm³/mol. The fourth-order valence-corrected chi connectivity index (χ4v) is 2.53. The van der Waals surface area contributed by atoms with Crippen LogP contribution in [0.15, 0.2) is 24.4 Å². The molecular formula is C14H13ClF3N5. The average Bonchev–Trinajstić information content (AvgIpc) is 3.03. The summed E-state index contributed by atoms with van der Waals surface area (Å²) < 4.78 is 38.4.